The summed E-state index contributed by atoms with van der Waals surface area (Å²) in [5.41, 5.74) is 3.07. The molecule has 3 aromatic rings. The number of hydrogen-bond donors (Lipinski definition) is 1. The van der Waals surface area contributed by atoms with E-state index in [4.69, 9.17) is 4.74 Å². The van der Waals surface area contributed by atoms with Crippen LogP contribution in [0, 0.1) is 0 Å². The fourth-order valence-electron chi connectivity index (χ4n) is 2.94. The molecule has 0 unspecified atom stereocenters. The Morgan fingerprint density at radius 3 is 2.47 bits per heavy atom. The van der Waals surface area contributed by atoms with Gasteiger partial charge >= 0.3 is 0 Å². The molecule has 1 amide bonds. The van der Waals surface area contributed by atoms with Crippen molar-refractivity contribution in [1.29, 1.82) is 0 Å². The molecule has 0 saturated carbocycles. The summed E-state index contributed by atoms with van der Waals surface area (Å²) in [7, 11) is 3.52. The number of carbonyl (C=O) groups is 1. The Kier molecular flexibility index (Phi) is 6.51. The van der Waals surface area contributed by atoms with Gasteiger partial charge in [0, 0.05) is 24.4 Å². The number of thioether (sulfide) groups is 1. The monoisotopic (exact) mass is 424 g/mol. The van der Waals surface area contributed by atoms with E-state index in [-0.39, 0.29) is 16.6 Å². The van der Waals surface area contributed by atoms with Crippen LogP contribution in [0.4, 0.5) is 5.69 Å². The molecule has 2 aromatic carbocycles. The molecule has 1 aromatic heterocycles. The molecular formula is C23H28N4O2S. The molecule has 1 atom stereocenters. The van der Waals surface area contributed by atoms with Crippen LogP contribution in [0.15, 0.2) is 53.7 Å². The summed E-state index contributed by atoms with van der Waals surface area (Å²) >= 11 is 1.38. The second-order valence-electron chi connectivity index (χ2n) is 8.17. The minimum Gasteiger partial charge on any atom is -0.497 e. The summed E-state index contributed by atoms with van der Waals surface area (Å²) in [6.07, 6.45) is 0. The Bertz CT molecular complexity index is 1020. The standard InChI is InChI=1S/C23H28N4O2S/c1-15(21(28)24-18-8-7-9-19(14-18)29-6)30-22-26-25-20(27(22)5)16-10-12-17(13-11-16)23(2,3)4/h7-15H,1-6H3,(H,24,28)/t15-/m1/s1. The molecular weight excluding hydrogens is 396 g/mol. The Hall–Kier alpha value is -2.80. The van der Waals surface area contributed by atoms with Crippen molar-refractivity contribution in [1.82, 2.24) is 14.8 Å². The van der Waals surface area contributed by atoms with Crippen molar-refractivity contribution in [2.45, 2.75) is 43.5 Å². The highest BCUT2D eigenvalue weighted by molar-refractivity contribution is 8.00. The van der Waals surface area contributed by atoms with E-state index < -0.39 is 0 Å². The number of methoxy groups -OCH3 is 1. The van der Waals surface area contributed by atoms with Gasteiger partial charge in [0.1, 0.15) is 5.75 Å². The van der Waals surface area contributed by atoms with E-state index >= 15 is 0 Å². The smallest absolute Gasteiger partial charge is 0.237 e. The SMILES string of the molecule is COc1cccc(NC(=O)[C@@H](C)Sc2nnc(-c3ccc(C(C)(C)C)cc3)n2C)c1. The van der Waals surface area contributed by atoms with Crippen molar-refractivity contribution in [3.63, 3.8) is 0 Å². The molecule has 0 radical (unpaired) electrons. The van der Waals surface area contributed by atoms with Crippen molar-refractivity contribution in [2.24, 2.45) is 7.05 Å². The lowest BCUT2D eigenvalue weighted by molar-refractivity contribution is -0.115. The van der Waals surface area contributed by atoms with E-state index in [0.29, 0.717) is 16.6 Å². The number of rotatable bonds is 6. The van der Waals surface area contributed by atoms with Crippen LogP contribution < -0.4 is 10.1 Å². The molecule has 0 aliphatic carbocycles. The first-order valence-corrected chi connectivity index (χ1v) is 10.7. The lowest BCUT2D eigenvalue weighted by atomic mass is 9.87. The van der Waals surface area contributed by atoms with E-state index in [1.807, 2.05) is 36.7 Å². The van der Waals surface area contributed by atoms with Gasteiger partial charge in [-0.2, -0.15) is 0 Å². The number of nitrogens with zero attached hydrogens (tertiary/aromatic N) is 3. The van der Waals surface area contributed by atoms with Gasteiger partial charge < -0.3 is 14.6 Å². The average Bonchev–Trinajstić information content (AvgIpc) is 3.07. The van der Waals surface area contributed by atoms with Crippen molar-refractivity contribution >= 4 is 23.4 Å². The largest absolute Gasteiger partial charge is 0.497 e. The summed E-state index contributed by atoms with van der Waals surface area (Å²) in [6, 6.07) is 15.7. The third-order valence-electron chi connectivity index (χ3n) is 4.83. The minimum absolute atomic E-state index is 0.102. The fraction of sp³-hybridized carbons (Fsp3) is 0.348. The van der Waals surface area contributed by atoms with Crippen LogP contribution in [-0.4, -0.2) is 33.0 Å². The van der Waals surface area contributed by atoms with Crippen molar-refractivity contribution in [3.05, 3.63) is 54.1 Å². The van der Waals surface area contributed by atoms with Crippen LogP contribution in [0.3, 0.4) is 0 Å². The molecule has 0 saturated heterocycles. The average molecular weight is 425 g/mol. The highest BCUT2D eigenvalue weighted by atomic mass is 32.2. The second kappa shape index (κ2) is 8.92. The predicted molar refractivity (Wildman–Crippen MR) is 122 cm³/mol. The van der Waals surface area contributed by atoms with E-state index in [0.717, 1.165) is 11.4 Å². The molecule has 7 heteroatoms. The fourth-order valence-corrected chi connectivity index (χ4v) is 3.76. The maximum Gasteiger partial charge on any atom is 0.237 e. The van der Waals surface area contributed by atoms with Gasteiger partial charge in [0.2, 0.25) is 5.91 Å². The molecule has 0 bridgehead atoms. The van der Waals surface area contributed by atoms with Gasteiger partial charge in [0.05, 0.1) is 12.4 Å². The van der Waals surface area contributed by atoms with Gasteiger partial charge in [0.15, 0.2) is 11.0 Å². The summed E-state index contributed by atoms with van der Waals surface area (Å²) in [5, 5.41) is 11.9. The number of hydrogen-bond acceptors (Lipinski definition) is 5. The Balaban J connectivity index is 1.70. The third-order valence-corrected chi connectivity index (χ3v) is 5.97. The molecule has 6 nitrogen and oxygen atoms in total. The second-order valence-corrected chi connectivity index (χ2v) is 9.48. The van der Waals surface area contributed by atoms with Crippen molar-refractivity contribution in [3.8, 4) is 17.1 Å². The zero-order valence-electron chi connectivity index (χ0n) is 18.3. The first-order chi connectivity index (χ1) is 14.2. The van der Waals surface area contributed by atoms with Gasteiger partial charge in [-0.25, -0.2) is 0 Å². The first-order valence-electron chi connectivity index (χ1n) is 9.81. The van der Waals surface area contributed by atoms with Gasteiger partial charge in [0.25, 0.3) is 0 Å². The molecule has 0 fully saturated rings. The summed E-state index contributed by atoms with van der Waals surface area (Å²) < 4.78 is 7.12. The quantitative estimate of drug-likeness (QED) is 0.570. The molecule has 0 aliphatic heterocycles. The zero-order valence-corrected chi connectivity index (χ0v) is 19.1. The third kappa shape index (κ3) is 5.02. The van der Waals surface area contributed by atoms with Crippen LogP contribution in [0.1, 0.15) is 33.3 Å². The molecule has 0 spiro atoms. The first kappa shape index (κ1) is 21.9. The van der Waals surface area contributed by atoms with Crippen molar-refractivity contribution < 1.29 is 9.53 Å². The lowest BCUT2D eigenvalue weighted by Crippen LogP contribution is -2.22. The minimum atomic E-state index is -0.338. The highest BCUT2D eigenvalue weighted by Crippen LogP contribution is 2.29. The van der Waals surface area contributed by atoms with Gasteiger partial charge in [-0.1, -0.05) is 62.9 Å². The number of ether oxygens (including phenoxy) is 1. The van der Waals surface area contributed by atoms with Gasteiger partial charge in [-0.15, -0.1) is 10.2 Å². The highest BCUT2D eigenvalue weighted by Gasteiger charge is 2.20. The van der Waals surface area contributed by atoms with E-state index in [1.54, 1.807) is 13.2 Å². The van der Waals surface area contributed by atoms with Gasteiger partial charge in [-0.3, -0.25) is 4.79 Å². The van der Waals surface area contributed by atoms with Crippen LogP contribution >= 0.6 is 11.8 Å². The molecule has 1 heterocycles. The summed E-state index contributed by atoms with van der Waals surface area (Å²) in [4.78, 5) is 12.6. The lowest BCUT2D eigenvalue weighted by Gasteiger charge is -2.19. The van der Waals surface area contributed by atoms with E-state index in [2.05, 4.69) is 60.6 Å². The maximum atomic E-state index is 12.6. The molecule has 0 aliphatic rings. The Morgan fingerprint density at radius 2 is 1.83 bits per heavy atom. The number of amides is 1. The molecule has 1 N–H and O–H groups in total. The predicted octanol–water partition coefficient (Wildman–Crippen LogP) is 4.91. The topological polar surface area (TPSA) is 69.0 Å². The maximum absolute atomic E-state index is 12.6. The van der Waals surface area contributed by atoms with Gasteiger partial charge in [-0.05, 0) is 30.0 Å². The molecule has 158 valence electrons. The molecule has 3 rings (SSSR count). The number of carbonyl (C=O) groups excluding carboxylic acids is 1. The zero-order chi connectivity index (χ0) is 21.9. The van der Waals surface area contributed by atoms with Crippen LogP contribution in [0.5, 0.6) is 5.75 Å². The Labute approximate surface area is 182 Å². The van der Waals surface area contributed by atoms with Crippen LogP contribution in [-0.2, 0) is 17.3 Å². The number of benzene rings is 2. The number of anilines is 1. The van der Waals surface area contributed by atoms with Crippen LogP contribution in [0.25, 0.3) is 11.4 Å². The van der Waals surface area contributed by atoms with E-state index in [9.17, 15) is 4.79 Å². The van der Waals surface area contributed by atoms with E-state index in [1.165, 1.54) is 17.3 Å². The number of aromatic nitrogens is 3. The summed E-state index contributed by atoms with van der Waals surface area (Å²) in [6.45, 7) is 8.43. The summed E-state index contributed by atoms with van der Waals surface area (Å²) in [5.74, 6) is 1.37. The number of nitrogens with one attached hydrogen (secondary N) is 1. The van der Waals surface area contributed by atoms with Crippen LogP contribution in [0.2, 0.25) is 0 Å². The Morgan fingerprint density at radius 1 is 1.13 bits per heavy atom. The normalized spacial score (nSPS) is 12.5. The molecule has 30 heavy (non-hydrogen) atoms. The van der Waals surface area contributed by atoms with Crippen molar-refractivity contribution in [2.75, 3.05) is 12.4 Å².